The summed E-state index contributed by atoms with van der Waals surface area (Å²) in [5, 5.41) is 49.7. The molecule has 1 rings (SSSR count). The van der Waals surface area contributed by atoms with Gasteiger partial charge in [0.25, 0.3) is 0 Å². The summed E-state index contributed by atoms with van der Waals surface area (Å²) in [6.45, 7) is -1.68. The highest BCUT2D eigenvalue weighted by Gasteiger charge is 2.30. The van der Waals surface area contributed by atoms with Gasteiger partial charge in [-0.15, -0.1) is 0 Å². The number of carboxylic acid groups (broad SMARTS) is 5. The second-order valence-electron chi connectivity index (χ2n) is 8.78. The third kappa shape index (κ3) is 13.8. The SMILES string of the molecule is CC(=O)Nc1c(I)cc(I)c(C[C@@H](C(=O)O)N(CCN(CC(=O)O)CC(=O)O)CCN(CC(=O)O)CC(=O)O)c1I. The molecule has 15 nitrogen and oxygen atoms in total. The van der Waals surface area contributed by atoms with Crippen molar-refractivity contribution < 1.29 is 54.3 Å². The summed E-state index contributed by atoms with van der Waals surface area (Å²) in [6.07, 6.45) is -0.0783. The number of anilines is 1. The number of nitrogens with zero attached hydrogens (tertiary/aromatic N) is 3. The Bertz CT molecular complexity index is 1100. The molecule has 1 atom stereocenters. The molecule has 0 aliphatic carbocycles. The maximum absolute atomic E-state index is 12.6. The minimum Gasteiger partial charge on any atom is -0.480 e. The van der Waals surface area contributed by atoms with Crippen molar-refractivity contribution in [1.82, 2.24) is 14.7 Å². The molecule has 0 saturated heterocycles. The summed E-state index contributed by atoms with van der Waals surface area (Å²) < 4.78 is 2.06. The molecular formula is C23H29I3N4O11. The molecule has 6 N–H and O–H groups in total. The predicted molar refractivity (Wildman–Crippen MR) is 169 cm³/mol. The van der Waals surface area contributed by atoms with Gasteiger partial charge >= 0.3 is 29.8 Å². The van der Waals surface area contributed by atoms with E-state index in [1.54, 1.807) is 6.07 Å². The van der Waals surface area contributed by atoms with Crippen molar-refractivity contribution in [3.63, 3.8) is 0 Å². The molecule has 41 heavy (non-hydrogen) atoms. The molecule has 0 saturated carbocycles. The monoisotopic (exact) mass is 918 g/mol. The molecule has 18 heteroatoms. The standard InChI is InChI=1S/C23H29I3N4O11/c1-12(31)27-22-15(25)7-14(24)13(21(22)26)6-16(23(40)41)30(4-2-28(8-17(32)33)9-18(34)35)5-3-29(10-19(36)37)11-20(38)39/h7,16H,2-6,8-11H2,1H3,(H,27,31)(H,32,33)(H,34,35)(H,36,37)(H,38,39)(H,40,41)/t16-/m0/s1. The third-order valence-corrected chi connectivity index (χ3v) is 8.54. The second kappa shape index (κ2) is 17.9. The van der Waals surface area contributed by atoms with Crippen molar-refractivity contribution in [3.8, 4) is 0 Å². The number of hydrogen-bond donors (Lipinski definition) is 6. The zero-order valence-electron chi connectivity index (χ0n) is 21.7. The van der Waals surface area contributed by atoms with Gasteiger partial charge in [-0.05, 0) is 79.4 Å². The van der Waals surface area contributed by atoms with Gasteiger partial charge in [0.2, 0.25) is 5.91 Å². The quantitative estimate of drug-likeness (QED) is 0.105. The minimum absolute atomic E-state index is 0.0783. The van der Waals surface area contributed by atoms with Crippen molar-refractivity contribution in [2.45, 2.75) is 19.4 Å². The Balaban J connectivity index is 3.46. The summed E-state index contributed by atoms with van der Waals surface area (Å²) in [4.78, 5) is 73.0. The summed E-state index contributed by atoms with van der Waals surface area (Å²) in [7, 11) is 0. The first-order chi connectivity index (χ1) is 19.0. The van der Waals surface area contributed by atoms with Crippen LogP contribution in [0.25, 0.3) is 0 Å². The topological polar surface area (TPSA) is 225 Å². The molecular weight excluding hydrogens is 889 g/mol. The summed E-state index contributed by atoms with van der Waals surface area (Å²) >= 11 is 6.10. The van der Waals surface area contributed by atoms with Crippen molar-refractivity contribution >= 4 is 109 Å². The van der Waals surface area contributed by atoms with Gasteiger partial charge in [0, 0.05) is 50.2 Å². The van der Waals surface area contributed by atoms with Crippen LogP contribution in [-0.4, -0.2) is 134 Å². The number of carbonyl (C=O) groups is 6. The molecule has 0 aliphatic rings. The van der Waals surface area contributed by atoms with Crippen molar-refractivity contribution in [2.24, 2.45) is 0 Å². The fourth-order valence-electron chi connectivity index (χ4n) is 3.83. The largest absolute Gasteiger partial charge is 0.480 e. The van der Waals surface area contributed by atoms with Gasteiger partial charge in [-0.25, -0.2) is 0 Å². The molecule has 228 valence electrons. The number of nitrogens with one attached hydrogen (secondary N) is 1. The van der Waals surface area contributed by atoms with Gasteiger partial charge in [0.05, 0.1) is 31.9 Å². The Hall–Kier alpha value is -1.89. The first-order valence-electron chi connectivity index (χ1n) is 11.7. The van der Waals surface area contributed by atoms with E-state index in [0.29, 0.717) is 18.4 Å². The van der Waals surface area contributed by atoms with Gasteiger partial charge in [-0.1, -0.05) is 0 Å². The highest BCUT2D eigenvalue weighted by atomic mass is 127. The molecule has 0 heterocycles. The van der Waals surface area contributed by atoms with Crippen molar-refractivity contribution in [2.75, 3.05) is 57.7 Å². The van der Waals surface area contributed by atoms with Crippen LogP contribution in [0.4, 0.5) is 5.69 Å². The van der Waals surface area contributed by atoms with E-state index >= 15 is 0 Å². The molecule has 0 aromatic heterocycles. The first kappa shape index (κ1) is 37.1. The Morgan fingerprint density at radius 1 is 0.732 bits per heavy atom. The number of halogens is 3. The van der Waals surface area contributed by atoms with Crippen LogP contribution >= 0.6 is 67.8 Å². The number of aliphatic carboxylic acids is 5. The lowest BCUT2D eigenvalue weighted by Crippen LogP contribution is -2.50. The zero-order chi connectivity index (χ0) is 31.4. The molecule has 0 radical (unpaired) electrons. The smallest absolute Gasteiger partial charge is 0.321 e. The van der Waals surface area contributed by atoms with Gasteiger partial charge < -0.3 is 30.8 Å². The number of hydrogen-bond acceptors (Lipinski definition) is 9. The summed E-state index contributed by atoms with van der Waals surface area (Å²) in [6, 6.07) is 0.519. The Morgan fingerprint density at radius 2 is 1.15 bits per heavy atom. The normalized spacial score (nSPS) is 12.0. The number of carboxylic acids is 5. The highest BCUT2D eigenvalue weighted by Crippen LogP contribution is 2.33. The number of carbonyl (C=O) groups excluding carboxylic acids is 1. The Morgan fingerprint density at radius 3 is 1.49 bits per heavy atom. The van der Waals surface area contributed by atoms with E-state index in [1.165, 1.54) is 11.8 Å². The molecule has 0 spiro atoms. The van der Waals surface area contributed by atoms with Gasteiger partial charge in [-0.3, -0.25) is 43.5 Å². The van der Waals surface area contributed by atoms with E-state index in [9.17, 15) is 54.3 Å². The zero-order valence-corrected chi connectivity index (χ0v) is 28.2. The lowest BCUT2D eigenvalue weighted by Gasteiger charge is -2.33. The molecule has 0 fully saturated rings. The van der Waals surface area contributed by atoms with Crippen LogP contribution in [0.1, 0.15) is 12.5 Å². The molecule has 1 amide bonds. The highest BCUT2D eigenvalue weighted by molar-refractivity contribution is 14.1. The van der Waals surface area contributed by atoms with Crippen LogP contribution < -0.4 is 5.32 Å². The van der Waals surface area contributed by atoms with Crippen LogP contribution in [-0.2, 0) is 35.2 Å². The van der Waals surface area contributed by atoms with E-state index in [2.05, 4.69) is 5.32 Å². The van der Waals surface area contributed by atoms with Crippen LogP contribution in [0.2, 0.25) is 0 Å². The Kier molecular flexibility index (Phi) is 16.2. The molecule has 1 aromatic carbocycles. The number of amides is 1. The second-order valence-corrected chi connectivity index (χ2v) is 12.2. The van der Waals surface area contributed by atoms with E-state index in [4.69, 9.17) is 0 Å². The summed E-state index contributed by atoms with van der Waals surface area (Å²) in [5.74, 6) is -6.71. The van der Waals surface area contributed by atoms with Gasteiger partial charge in [0.1, 0.15) is 6.04 Å². The van der Waals surface area contributed by atoms with Gasteiger partial charge in [-0.2, -0.15) is 0 Å². The molecule has 0 bridgehead atoms. The Labute approximate surface area is 275 Å². The van der Waals surface area contributed by atoms with Crippen LogP contribution in [0.15, 0.2) is 6.07 Å². The minimum atomic E-state index is -1.28. The lowest BCUT2D eigenvalue weighted by molar-refractivity contribution is -0.146. The van der Waals surface area contributed by atoms with E-state index in [-0.39, 0.29) is 38.5 Å². The lowest BCUT2D eigenvalue weighted by atomic mass is 10.0. The van der Waals surface area contributed by atoms with Gasteiger partial charge in [0.15, 0.2) is 0 Å². The first-order valence-corrected chi connectivity index (χ1v) is 15.0. The van der Waals surface area contributed by atoms with Crippen LogP contribution in [0.5, 0.6) is 0 Å². The maximum atomic E-state index is 12.6. The molecule has 0 aliphatic heterocycles. The average Bonchev–Trinajstić information content (AvgIpc) is 2.80. The fourth-order valence-corrected chi connectivity index (χ4v) is 7.91. The number of rotatable bonds is 19. The van der Waals surface area contributed by atoms with Crippen molar-refractivity contribution in [3.05, 3.63) is 22.3 Å². The van der Waals surface area contributed by atoms with Crippen LogP contribution in [0, 0.1) is 10.7 Å². The molecule has 0 unspecified atom stereocenters. The number of benzene rings is 1. The van der Waals surface area contributed by atoms with Crippen molar-refractivity contribution in [1.29, 1.82) is 0 Å². The average molecular weight is 918 g/mol. The van der Waals surface area contributed by atoms with E-state index in [0.717, 1.165) is 13.4 Å². The summed E-state index contributed by atoms with van der Waals surface area (Å²) in [5.41, 5.74) is 1.11. The maximum Gasteiger partial charge on any atom is 0.321 e. The third-order valence-electron chi connectivity index (χ3n) is 5.53. The fraction of sp³-hybridized carbons (Fsp3) is 0.478. The van der Waals surface area contributed by atoms with E-state index in [1.807, 2.05) is 67.8 Å². The predicted octanol–water partition coefficient (Wildman–Crippen LogP) is 0.699. The van der Waals surface area contributed by atoms with E-state index < -0.39 is 62.1 Å². The van der Waals surface area contributed by atoms with Crippen LogP contribution in [0.3, 0.4) is 0 Å². The molecule has 1 aromatic rings.